The number of nitrogens with one attached hydrogen (secondary N) is 1. The predicted octanol–water partition coefficient (Wildman–Crippen LogP) is 2.08. The molecule has 1 heterocycles. The Morgan fingerprint density at radius 2 is 2.33 bits per heavy atom. The van der Waals surface area contributed by atoms with E-state index in [0.717, 1.165) is 13.0 Å². The number of aryl methyl sites for hydroxylation is 1. The molecule has 0 aromatic carbocycles. The topological polar surface area (TPSA) is 34.1 Å². The van der Waals surface area contributed by atoms with E-state index < -0.39 is 0 Å². The molecule has 1 atom stereocenters. The van der Waals surface area contributed by atoms with Gasteiger partial charge in [0.05, 0.1) is 12.6 Å². The van der Waals surface area contributed by atoms with Crippen LogP contribution in [0.4, 0.5) is 0 Å². The van der Waals surface area contributed by atoms with E-state index >= 15 is 0 Å². The second-order valence-electron chi connectivity index (χ2n) is 3.69. The Kier molecular flexibility index (Phi) is 5.29. The molecule has 0 amide bonds. The lowest BCUT2D eigenvalue weighted by atomic mass is 10.0. The molecule has 0 aliphatic carbocycles. The molecule has 0 saturated heterocycles. The third-order valence-corrected chi connectivity index (χ3v) is 2.41. The van der Waals surface area contributed by atoms with Gasteiger partial charge in [-0.15, -0.1) is 0 Å². The lowest BCUT2D eigenvalue weighted by Crippen LogP contribution is -2.26. The Labute approximate surface area is 91.9 Å². The molecule has 0 saturated carbocycles. The van der Waals surface area contributed by atoms with Crippen LogP contribution in [0.2, 0.25) is 0 Å². The van der Waals surface area contributed by atoms with Crippen molar-refractivity contribution >= 4 is 0 Å². The first kappa shape index (κ1) is 12.1. The molecule has 1 rings (SSSR count). The zero-order chi connectivity index (χ0) is 11.1. The van der Waals surface area contributed by atoms with E-state index in [9.17, 15) is 0 Å². The largest absolute Gasteiger partial charge is 0.383 e. The van der Waals surface area contributed by atoms with Gasteiger partial charge in [-0.3, -0.25) is 4.98 Å². The van der Waals surface area contributed by atoms with Crippen LogP contribution in [0, 0.1) is 6.92 Å². The number of hydrogen-bond donors (Lipinski definition) is 1. The Balaban J connectivity index is 2.74. The quantitative estimate of drug-likeness (QED) is 0.777. The van der Waals surface area contributed by atoms with Gasteiger partial charge >= 0.3 is 0 Å². The lowest BCUT2D eigenvalue weighted by molar-refractivity contribution is 0.167. The minimum Gasteiger partial charge on any atom is -0.383 e. The highest BCUT2D eigenvalue weighted by atomic mass is 16.5. The number of methoxy groups -OCH3 is 1. The number of aromatic nitrogens is 1. The zero-order valence-corrected chi connectivity index (χ0v) is 9.79. The van der Waals surface area contributed by atoms with Crippen LogP contribution in [0.3, 0.4) is 0 Å². The van der Waals surface area contributed by atoms with Gasteiger partial charge in [0, 0.05) is 19.5 Å². The molecular formula is C12H20N2O. The van der Waals surface area contributed by atoms with E-state index in [4.69, 9.17) is 4.74 Å². The monoisotopic (exact) mass is 208 g/mol. The van der Waals surface area contributed by atoms with E-state index in [1.165, 1.54) is 11.1 Å². The SMILES string of the molecule is CCCNC(COC)c1ccncc1C. The predicted molar refractivity (Wildman–Crippen MR) is 61.9 cm³/mol. The van der Waals surface area contributed by atoms with Gasteiger partial charge in [-0.05, 0) is 37.1 Å². The summed E-state index contributed by atoms with van der Waals surface area (Å²) in [7, 11) is 1.73. The Hall–Kier alpha value is -0.930. The molecule has 1 unspecified atom stereocenters. The molecule has 84 valence electrons. The highest BCUT2D eigenvalue weighted by molar-refractivity contribution is 5.25. The van der Waals surface area contributed by atoms with Crippen LogP contribution in [-0.4, -0.2) is 25.2 Å². The molecule has 0 spiro atoms. The third kappa shape index (κ3) is 3.61. The van der Waals surface area contributed by atoms with E-state index in [-0.39, 0.29) is 6.04 Å². The van der Waals surface area contributed by atoms with Gasteiger partial charge in [0.15, 0.2) is 0 Å². The maximum Gasteiger partial charge on any atom is 0.0657 e. The maximum atomic E-state index is 5.23. The lowest BCUT2D eigenvalue weighted by Gasteiger charge is -2.19. The second kappa shape index (κ2) is 6.53. The van der Waals surface area contributed by atoms with Crippen molar-refractivity contribution in [2.24, 2.45) is 0 Å². The Morgan fingerprint density at radius 3 is 2.93 bits per heavy atom. The first-order valence-corrected chi connectivity index (χ1v) is 5.42. The van der Waals surface area contributed by atoms with Crippen molar-refractivity contribution in [1.82, 2.24) is 10.3 Å². The smallest absolute Gasteiger partial charge is 0.0657 e. The fourth-order valence-corrected chi connectivity index (χ4v) is 1.62. The van der Waals surface area contributed by atoms with Gasteiger partial charge in [-0.25, -0.2) is 0 Å². The summed E-state index contributed by atoms with van der Waals surface area (Å²) in [6, 6.07) is 2.33. The summed E-state index contributed by atoms with van der Waals surface area (Å²) in [5.74, 6) is 0. The minimum atomic E-state index is 0.276. The van der Waals surface area contributed by atoms with Crippen molar-refractivity contribution in [3.63, 3.8) is 0 Å². The normalized spacial score (nSPS) is 12.7. The van der Waals surface area contributed by atoms with Crippen molar-refractivity contribution in [2.75, 3.05) is 20.3 Å². The Bertz CT molecular complexity index is 289. The summed E-state index contributed by atoms with van der Waals surface area (Å²) >= 11 is 0. The van der Waals surface area contributed by atoms with Crippen molar-refractivity contribution in [3.8, 4) is 0 Å². The van der Waals surface area contributed by atoms with Crippen LogP contribution in [0.15, 0.2) is 18.5 Å². The second-order valence-corrected chi connectivity index (χ2v) is 3.69. The van der Waals surface area contributed by atoms with Gasteiger partial charge in [0.25, 0.3) is 0 Å². The van der Waals surface area contributed by atoms with Crippen LogP contribution in [0.1, 0.15) is 30.5 Å². The van der Waals surface area contributed by atoms with Gasteiger partial charge in [0.2, 0.25) is 0 Å². The molecule has 0 fully saturated rings. The van der Waals surface area contributed by atoms with Crippen molar-refractivity contribution in [3.05, 3.63) is 29.6 Å². The molecule has 1 aromatic heterocycles. The fraction of sp³-hybridized carbons (Fsp3) is 0.583. The third-order valence-electron chi connectivity index (χ3n) is 2.41. The molecule has 3 heteroatoms. The molecular weight excluding hydrogens is 188 g/mol. The van der Waals surface area contributed by atoms with Crippen LogP contribution in [0.5, 0.6) is 0 Å². The maximum absolute atomic E-state index is 5.23. The summed E-state index contributed by atoms with van der Waals surface area (Å²) in [6.45, 7) is 5.95. The number of nitrogens with zero attached hydrogens (tertiary/aromatic N) is 1. The van der Waals surface area contributed by atoms with Gasteiger partial charge in [0.1, 0.15) is 0 Å². The van der Waals surface area contributed by atoms with Crippen LogP contribution < -0.4 is 5.32 Å². The zero-order valence-electron chi connectivity index (χ0n) is 9.79. The van der Waals surface area contributed by atoms with Gasteiger partial charge in [-0.1, -0.05) is 6.92 Å². The van der Waals surface area contributed by atoms with Crippen molar-refractivity contribution in [1.29, 1.82) is 0 Å². The van der Waals surface area contributed by atoms with E-state index in [1.54, 1.807) is 7.11 Å². The highest BCUT2D eigenvalue weighted by Crippen LogP contribution is 2.16. The van der Waals surface area contributed by atoms with E-state index in [1.807, 2.05) is 12.4 Å². The molecule has 1 N–H and O–H groups in total. The average molecular weight is 208 g/mol. The van der Waals surface area contributed by atoms with Crippen molar-refractivity contribution < 1.29 is 4.74 Å². The molecule has 0 radical (unpaired) electrons. The number of pyridine rings is 1. The van der Waals surface area contributed by atoms with Crippen LogP contribution >= 0.6 is 0 Å². The van der Waals surface area contributed by atoms with Crippen molar-refractivity contribution in [2.45, 2.75) is 26.3 Å². The van der Waals surface area contributed by atoms with E-state index in [2.05, 4.69) is 30.2 Å². The number of rotatable bonds is 6. The fourth-order valence-electron chi connectivity index (χ4n) is 1.62. The Morgan fingerprint density at radius 1 is 1.53 bits per heavy atom. The molecule has 0 aliphatic rings. The molecule has 0 bridgehead atoms. The molecule has 0 aliphatic heterocycles. The first-order valence-electron chi connectivity index (χ1n) is 5.42. The van der Waals surface area contributed by atoms with Gasteiger partial charge in [-0.2, -0.15) is 0 Å². The summed E-state index contributed by atoms with van der Waals surface area (Å²) < 4.78 is 5.23. The first-order chi connectivity index (χ1) is 7.29. The summed E-state index contributed by atoms with van der Waals surface area (Å²) in [6.07, 6.45) is 4.86. The van der Waals surface area contributed by atoms with Crippen LogP contribution in [-0.2, 0) is 4.74 Å². The highest BCUT2D eigenvalue weighted by Gasteiger charge is 2.11. The summed E-state index contributed by atoms with van der Waals surface area (Å²) in [4.78, 5) is 4.10. The van der Waals surface area contributed by atoms with Crippen LogP contribution in [0.25, 0.3) is 0 Å². The average Bonchev–Trinajstić information content (AvgIpc) is 2.25. The molecule has 1 aromatic rings. The molecule has 15 heavy (non-hydrogen) atoms. The van der Waals surface area contributed by atoms with Gasteiger partial charge < -0.3 is 10.1 Å². The standard InChI is InChI=1S/C12H20N2O/c1-4-6-14-12(9-15-3)11-5-7-13-8-10(11)2/h5,7-8,12,14H,4,6,9H2,1-3H3. The minimum absolute atomic E-state index is 0.276. The summed E-state index contributed by atoms with van der Waals surface area (Å²) in [5, 5.41) is 3.47. The number of ether oxygens (including phenoxy) is 1. The molecule has 3 nitrogen and oxygen atoms in total. The van der Waals surface area contributed by atoms with E-state index in [0.29, 0.717) is 6.61 Å². The number of hydrogen-bond acceptors (Lipinski definition) is 3. The summed E-state index contributed by atoms with van der Waals surface area (Å²) in [5.41, 5.74) is 2.49.